The van der Waals surface area contributed by atoms with E-state index in [0.717, 1.165) is 0 Å². The number of carbonyl (C=O) groups is 1. The Morgan fingerprint density at radius 1 is 1.35 bits per heavy atom. The zero-order valence-electron chi connectivity index (χ0n) is 14.3. The first kappa shape index (κ1) is 17.2. The van der Waals surface area contributed by atoms with Gasteiger partial charge in [0.1, 0.15) is 17.2 Å². The third kappa shape index (κ3) is 2.78. The summed E-state index contributed by atoms with van der Waals surface area (Å²) in [6, 6.07) is 10.5. The van der Waals surface area contributed by atoms with E-state index < -0.39 is 11.5 Å². The molecule has 3 aromatic heterocycles. The Morgan fingerprint density at radius 3 is 2.81 bits per heavy atom. The van der Waals surface area contributed by atoms with Gasteiger partial charge >= 0.3 is 5.97 Å². The summed E-state index contributed by atoms with van der Waals surface area (Å²) in [5, 5.41) is 9.63. The van der Waals surface area contributed by atoms with Crippen molar-refractivity contribution >= 4 is 22.9 Å². The lowest BCUT2D eigenvalue weighted by molar-refractivity contribution is 0.0529. The number of carbonyl (C=O) groups excluding carboxylic acids is 1. The van der Waals surface area contributed by atoms with Crippen LogP contribution in [0.4, 0.5) is 11.4 Å². The maximum absolute atomic E-state index is 12.8. The van der Waals surface area contributed by atoms with Gasteiger partial charge in [-0.3, -0.25) is 14.2 Å². The van der Waals surface area contributed by atoms with E-state index in [-0.39, 0.29) is 23.4 Å². The van der Waals surface area contributed by atoms with Crippen LogP contribution in [0.25, 0.3) is 5.52 Å². The van der Waals surface area contributed by atoms with Gasteiger partial charge in [-0.2, -0.15) is 5.26 Å². The van der Waals surface area contributed by atoms with Gasteiger partial charge in [0.2, 0.25) is 0 Å². The van der Waals surface area contributed by atoms with Crippen LogP contribution in [0.15, 0.2) is 53.7 Å². The van der Waals surface area contributed by atoms with Gasteiger partial charge in [0, 0.05) is 19.4 Å². The van der Waals surface area contributed by atoms with E-state index >= 15 is 0 Å². The average Bonchev–Trinajstić information content (AvgIpc) is 2.68. The van der Waals surface area contributed by atoms with Crippen molar-refractivity contribution in [2.75, 3.05) is 18.6 Å². The zero-order valence-corrected chi connectivity index (χ0v) is 14.3. The molecule has 0 aliphatic heterocycles. The van der Waals surface area contributed by atoms with Gasteiger partial charge < -0.3 is 9.64 Å². The second-order valence-corrected chi connectivity index (χ2v) is 5.46. The van der Waals surface area contributed by atoms with E-state index in [2.05, 4.69) is 4.98 Å². The Kier molecular flexibility index (Phi) is 4.67. The van der Waals surface area contributed by atoms with Crippen molar-refractivity contribution in [1.82, 2.24) is 9.38 Å². The number of hydrogen-bond donors (Lipinski definition) is 0. The normalized spacial score (nSPS) is 10.3. The molecule has 0 aliphatic carbocycles. The molecule has 0 aromatic carbocycles. The maximum Gasteiger partial charge on any atom is 0.342 e. The highest BCUT2D eigenvalue weighted by atomic mass is 16.5. The molecule has 26 heavy (non-hydrogen) atoms. The number of rotatable bonds is 4. The molecule has 0 aliphatic rings. The molecule has 130 valence electrons. The third-order valence-electron chi connectivity index (χ3n) is 3.98. The predicted molar refractivity (Wildman–Crippen MR) is 96.6 cm³/mol. The molecule has 0 bridgehead atoms. The Morgan fingerprint density at radius 2 is 2.15 bits per heavy atom. The van der Waals surface area contributed by atoms with E-state index in [1.54, 1.807) is 61.6 Å². The van der Waals surface area contributed by atoms with Crippen LogP contribution < -0.4 is 10.5 Å². The van der Waals surface area contributed by atoms with Crippen molar-refractivity contribution in [3.63, 3.8) is 0 Å². The molecule has 0 amide bonds. The number of aromatic nitrogens is 2. The van der Waals surface area contributed by atoms with Crippen LogP contribution in [0.5, 0.6) is 0 Å². The SMILES string of the molecule is CCOC(=O)c1c(N(C)c2cccnc2)c(C#N)c(=O)n2ccccc12. The van der Waals surface area contributed by atoms with Gasteiger partial charge in [0.25, 0.3) is 5.56 Å². The van der Waals surface area contributed by atoms with Crippen molar-refractivity contribution in [2.24, 2.45) is 0 Å². The first-order chi connectivity index (χ1) is 12.6. The molecule has 0 spiro atoms. The van der Waals surface area contributed by atoms with E-state index in [4.69, 9.17) is 4.74 Å². The van der Waals surface area contributed by atoms with Crippen LogP contribution in [0.2, 0.25) is 0 Å². The molecule has 0 fully saturated rings. The summed E-state index contributed by atoms with van der Waals surface area (Å²) in [7, 11) is 1.68. The number of anilines is 2. The maximum atomic E-state index is 12.8. The van der Waals surface area contributed by atoms with Crippen LogP contribution in [-0.2, 0) is 4.74 Å². The van der Waals surface area contributed by atoms with E-state index in [1.807, 2.05) is 6.07 Å². The van der Waals surface area contributed by atoms with Gasteiger partial charge in [-0.05, 0) is 31.2 Å². The number of nitrogens with zero attached hydrogens (tertiary/aromatic N) is 4. The molecule has 3 rings (SSSR count). The smallest absolute Gasteiger partial charge is 0.342 e. The Bertz CT molecular complexity index is 1070. The van der Waals surface area contributed by atoms with E-state index in [1.165, 1.54) is 10.6 Å². The standard InChI is InChI=1S/C19H16N4O3/c1-3-26-19(25)16-15-8-4-5-10-23(15)18(24)14(11-20)17(16)22(2)13-7-6-9-21-12-13/h4-10,12H,3H2,1-2H3. The second kappa shape index (κ2) is 7.07. The summed E-state index contributed by atoms with van der Waals surface area (Å²) in [6.07, 6.45) is 4.72. The number of hydrogen-bond acceptors (Lipinski definition) is 6. The average molecular weight is 348 g/mol. The minimum absolute atomic E-state index is 0.136. The topological polar surface area (TPSA) is 87.7 Å². The van der Waals surface area contributed by atoms with Gasteiger partial charge in [-0.15, -0.1) is 0 Å². The van der Waals surface area contributed by atoms with Crippen LogP contribution in [0, 0.1) is 11.3 Å². The summed E-state index contributed by atoms with van der Waals surface area (Å²) in [5.41, 5.74) is 0.741. The largest absolute Gasteiger partial charge is 0.462 e. The Balaban J connectivity index is 2.43. The summed E-state index contributed by atoms with van der Waals surface area (Å²) in [6.45, 7) is 1.87. The van der Waals surface area contributed by atoms with Gasteiger partial charge in [-0.1, -0.05) is 6.07 Å². The zero-order chi connectivity index (χ0) is 18.7. The summed E-state index contributed by atoms with van der Waals surface area (Å²) >= 11 is 0. The van der Waals surface area contributed by atoms with Crippen molar-refractivity contribution in [3.05, 3.63) is 70.4 Å². The lowest BCUT2D eigenvalue weighted by atomic mass is 10.1. The molecule has 3 aromatic rings. The van der Waals surface area contributed by atoms with Gasteiger partial charge in [-0.25, -0.2) is 4.79 Å². The minimum atomic E-state index is -0.599. The van der Waals surface area contributed by atoms with Crippen molar-refractivity contribution < 1.29 is 9.53 Å². The van der Waals surface area contributed by atoms with Crippen LogP contribution in [-0.4, -0.2) is 29.0 Å². The number of fused-ring (bicyclic) bond motifs is 1. The van der Waals surface area contributed by atoms with Crippen molar-refractivity contribution in [2.45, 2.75) is 6.92 Å². The third-order valence-corrected chi connectivity index (χ3v) is 3.98. The lowest BCUT2D eigenvalue weighted by Crippen LogP contribution is -2.26. The fourth-order valence-electron chi connectivity index (χ4n) is 2.81. The number of pyridine rings is 3. The molecule has 0 saturated carbocycles. The minimum Gasteiger partial charge on any atom is -0.462 e. The summed E-state index contributed by atoms with van der Waals surface area (Å²) in [5.74, 6) is -0.599. The van der Waals surface area contributed by atoms with Crippen molar-refractivity contribution in [1.29, 1.82) is 5.26 Å². The quantitative estimate of drug-likeness (QED) is 0.673. The van der Waals surface area contributed by atoms with Crippen LogP contribution in [0.1, 0.15) is 22.8 Å². The van der Waals surface area contributed by atoms with Crippen molar-refractivity contribution in [3.8, 4) is 6.07 Å². The van der Waals surface area contributed by atoms with E-state index in [9.17, 15) is 14.9 Å². The Labute approximate surface area is 149 Å². The number of nitriles is 1. The highest BCUT2D eigenvalue weighted by Gasteiger charge is 2.26. The molecule has 0 atom stereocenters. The fraction of sp³-hybridized carbons (Fsp3) is 0.158. The first-order valence-corrected chi connectivity index (χ1v) is 7.98. The summed E-state index contributed by atoms with van der Waals surface area (Å²) < 4.78 is 6.48. The molecule has 0 N–H and O–H groups in total. The fourth-order valence-corrected chi connectivity index (χ4v) is 2.81. The molecule has 0 saturated heterocycles. The van der Waals surface area contributed by atoms with Gasteiger partial charge in [0.05, 0.1) is 29.7 Å². The highest BCUT2D eigenvalue weighted by Crippen LogP contribution is 2.31. The number of ether oxygens (including phenoxy) is 1. The predicted octanol–water partition coefficient (Wildman–Crippen LogP) is 2.51. The molecular formula is C19H16N4O3. The highest BCUT2D eigenvalue weighted by molar-refractivity contribution is 6.05. The monoisotopic (exact) mass is 348 g/mol. The van der Waals surface area contributed by atoms with Crippen LogP contribution >= 0.6 is 0 Å². The van der Waals surface area contributed by atoms with Gasteiger partial charge in [0.15, 0.2) is 0 Å². The lowest BCUT2D eigenvalue weighted by Gasteiger charge is -2.23. The van der Waals surface area contributed by atoms with E-state index in [0.29, 0.717) is 11.2 Å². The molecular weight excluding hydrogens is 332 g/mol. The number of esters is 1. The summed E-state index contributed by atoms with van der Waals surface area (Å²) in [4.78, 5) is 31.2. The second-order valence-electron chi connectivity index (χ2n) is 5.46. The van der Waals surface area contributed by atoms with Crippen LogP contribution in [0.3, 0.4) is 0 Å². The molecule has 3 heterocycles. The molecule has 7 nitrogen and oxygen atoms in total. The molecule has 7 heteroatoms. The molecule has 0 radical (unpaired) electrons. The first-order valence-electron chi connectivity index (χ1n) is 7.98. The molecule has 0 unspecified atom stereocenters. The Hall–Kier alpha value is -3.66.